The molecule has 29 heavy (non-hydrogen) atoms. The zero-order chi connectivity index (χ0) is 20.8. The molecule has 4 aromatic rings. The lowest BCUT2D eigenvalue weighted by Crippen LogP contribution is -2.10. The quantitative estimate of drug-likeness (QED) is 0.496. The lowest BCUT2D eigenvalue weighted by atomic mass is 9.98. The van der Waals surface area contributed by atoms with Gasteiger partial charge in [-0.3, -0.25) is 14.8 Å². The van der Waals surface area contributed by atoms with Crippen LogP contribution in [0.1, 0.15) is 46.7 Å². The standard InChI is InChI=1S/C20H20FN5OS2/c1-11-14-9-15(16(27)22-19-24-23-18(29-19)20(2,3)4)28-17(14)26(25-11)10-12-5-7-13(21)8-6-12/h5-9H,10H2,1-4H3,(H,22,24,27). The zero-order valence-electron chi connectivity index (χ0n) is 16.5. The molecule has 0 aliphatic carbocycles. The zero-order valence-corrected chi connectivity index (χ0v) is 18.1. The van der Waals surface area contributed by atoms with E-state index in [1.54, 1.807) is 12.1 Å². The molecule has 1 N–H and O–H groups in total. The minimum atomic E-state index is -0.267. The van der Waals surface area contributed by atoms with Crippen LogP contribution in [-0.2, 0) is 12.0 Å². The van der Waals surface area contributed by atoms with E-state index in [-0.39, 0.29) is 17.1 Å². The molecule has 0 aliphatic heterocycles. The second-order valence-electron chi connectivity index (χ2n) is 7.82. The normalized spacial score (nSPS) is 11.9. The van der Waals surface area contributed by atoms with Gasteiger partial charge in [-0.15, -0.1) is 21.5 Å². The Morgan fingerprint density at radius 1 is 1.17 bits per heavy atom. The third-order valence-electron chi connectivity index (χ3n) is 4.36. The van der Waals surface area contributed by atoms with Gasteiger partial charge in [-0.1, -0.05) is 44.2 Å². The summed E-state index contributed by atoms with van der Waals surface area (Å²) >= 11 is 2.76. The number of benzene rings is 1. The van der Waals surface area contributed by atoms with E-state index in [2.05, 4.69) is 41.4 Å². The molecule has 9 heteroatoms. The third kappa shape index (κ3) is 4.06. The third-order valence-corrected chi connectivity index (χ3v) is 6.78. The highest BCUT2D eigenvalue weighted by atomic mass is 32.1. The summed E-state index contributed by atoms with van der Waals surface area (Å²) in [4.78, 5) is 14.2. The number of carbonyl (C=O) groups is 1. The Morgan fingerprint density at radius 3 is 2.55 bits per heavy atom. The summed E-state index contributed by atoms with van der Waals surface area (Å²) in [7, 11) is 0. The highest BCUT2D eigenvalue weighted by Crippen LogP contribution is 2.31. The molecule has 1 amide bonds. The van der Waals surface area contributed by atoms with Crippen molar-refractivity contribution >= 4 is 43.9 Å². The minimum absolute atomic E-state index is 0.112. The van der Waals surface area contributed by atoms with E-state index in [4.69, 9.17) is 0 Å². The van der Waals surface area contributed by atoms with Crippen LogP contribution in [-0.4, -0.2) is 25.9 Å². The molecule has 3 heterocycles. The van der Waals surface area contributed by atoms with Gasteiger partial charge in [0.1, 0.15) is 15.7 Å². The van der Waals surface area contributed by atoms with Crippen molar-refractivity contribution in [2.45, 2.75) is 39.7 Å². The fourth-order valence-corrected chi connectivity index (χ4v) is 4.68. The predicted octanol–water partition coefficient (Wildman–Crippen LogP) is 4.99. The SMILES string of the molecule is Cc1nn(Cc2ccc(F)cc2)c2sc(C(=O)Nc3nnc(C(C)(C)C)s3)cc12. The Morgan fingerprint density at radius 2 is 1.90 bits per heavy atom. The molecule has 1 aromatic carbocycles. The Kier molecular flexibility index (Phi) is 4.95. The number of amides is 1. The Labute approximate surface area is 175 Å². The van der Waals surface area contributed by atoms with Crippen molar-refractivity contribution in [3.63, 3.8) is 0 Å². The number of carbonyl (C=O) groups excluding carboxylic acids is 1. The number of hydrogen-bond donors (Lipinski definition) is 1. The Balaban J connectivity index is 1.57. The number of fused-ring (bicyclic) bond motifs is 1. The molecule has 0 spiro atoms. The smallest absolute Gasteiger partial charge is 0.267 e. The first-order valence-corrected chi connectivity index (χ1v) is 10.7. The van der Waals surface area contributed by atoms with Crippen molar-refractivity contribution in [2.24, 2.45) is 0 Å². The Hall–Kier alpha value is -2.65. The molecular weight excluding hydrogens is 409 g/mol. The van der Waals surface area contributed by atoms with Gasteiger partial charge in [-0.05, 0) is 30.7 Å². The van der Waals surface area contributed by atoms with Crippen molar-refractivity contribution < 1.29 is 9.18 Å². The van der Waals surface area contributed by atoms with Crippen LogP contribution >= 0.6 is 22.7 Å². The first-order valence-electron chi connectivity index (χ1n) is 9.07. The molecule has 0 saturated carbocycles. The summed E-state index contributed by atoms with van der Waals surface area (Å²) in [5.74, 6) is -0.479. The number of aromatic nitrogens is 4. The number of halogens is 1. The van der Waals surface area contributed by atoms with Gasteiger partial charge in [0.25, 0.3) is 5.91 Å². The van der Waals surface area contributed by atoms with Gasteiger partial charge < -0.3 is 0 Å². The van der Waals surface area contributed by atoms with E-state index in [9.17, 15) is 9.18 Å². The predicted molar refractivity (Wildman–Crippen MR) is 114 cm³/mol. The number of aryl methyl sites for hydroxylation is 1. The first-order chi connectivity index (χ1) is 13.7. The van der Waals surface area contributed by atoms with Gasteiger partial charge in [-0.25, -0.2) is 4.39 Å². The molecule has 6 nitrogen and oxygen atoms in total. The van der Waals surface area contributed by atoms with Crippen molar-refractivity contribution in [3.8, 4) is 0 Å². The highest BCUT2D eigenvalue weighted by Gasteiger charge is 2.21. The van der Waals surface area contributed by atoms with Gasteiger partial charge in [0, 0.05) is 10.8 Å². The van der Waals surface area contributed by atoms with Crippen LogP contribution < -0.4 is 5.32 Å². The molecule has 0 bridgehead atoms. The van der Waals surface area contributed by atoms with Crippen LogP contribution in [0.3, 0.4) is 0 Å². The maximum atomic E-state index is 13.1. The van der Waals surface area contributed by atoms with Crippen LogP contribution in [0.15, 0.2) is 30.3 Å². The summed E-state index contributed by atoms with van der Waals surface area (Å²) < 4.78 is 15.0. The highest BCUT2D eigenvalue weighted by molar-refractivity contribution is 7.20. The molecular formula is C20H20FN5OS2. The molecule has 0 unspecified atom stereocenters. The van der Waals surface area contributed by atoms with Gasteiger partial charge in [0.2, 0.25) is 5.13 Å². The summed E-state index contributed by atoms with van der Waals surface area (Å²) in [5.41, 5.74) is 1.68. The van der Waals surface area contributed by atoms with Crippen molar-refractivity contribution in [3.05, 3.63) is 57.3 Å². The van der Waals surface area contributed by atoms with Crippen LogP contribution in [0.4, 0.5) is 9.52 Å². The van der Waals surface area contributed by atoms with E-state index in [1.807, 2.05) is 17.7 Å². The van der Waals surface area contributed by atoms with Gasteiger partial charge in [-0.2, -0.15) is 5.10 Å². The number of rotatable bonds is 4. The van der Waals surface area contributed by atoms with Gasteiger partial charge in [0.05, 0.1) is 17.1 Å². The van der Waals surface area contributed by atoms with Gasteiger partial charge in [0.15, 0.2) is 0 Å². The number of hydrogen-bond acceptors (Lipinski definition) is 6. The molecule has 3 aromatic heterocycles. The lowest BCUT2D eigenvalue weighted by Gasteiger charge is -2.12. The Bertz CT molecular complexity index is 1180. The second kappa shape index (κ2) is 7.31. The summed E-state index contributed by atoms with van der Waals surface area (Å²) in [6, 6.07) is 8.20. The molecule has 0 fully saturated rings. The van der Waals surface area contributed by atoms with E-state index in [0.717, 1.165) is 26.5 Å². The topological polar surface area (TPSA) is 72.7 Å². The summed E-state index contributed by atoms with van der Waals surface area (Å²) in [6.45, 7) is 8.60. The number of nitrogens with one attached hydrogen (secondary N) is 1. The largest absolute Gasteiger partial charge is 0.296 e. The molecule has 4 rings (SSSR count). The van der Waals surface area contributed by atoms with Crippen molar-refractivity contribution in [2.75, 3.05) is 5.32 Å². The average molecular weight is 430 g/mol. The first kappa shape index (κ1) is 19.7. The average Bonchev–Trinajstić information content (AvgIpc) is 3.34. The summed E-state index contributed by atoms with van der Waals surface area (Å²) in [6.07, 6.45) is 0. The van der Waals surface area contributed by atoms with E-state index < -0.39 is 0 Å². The maximum Gasteiger partial charge on any atom is 0.267 e. The molecule has 0 radical (unpaired) electrons. The van der Waals surface area contributed by atoms with Crippen LogP contribution in [0, 0.1) is 12.7 Å². The van der Waals surface area contributed by atoms with Crippen LogP contribution in [0.5, 0.6) is 0 Å². The minimum Gasteiger partial charge on any atom is -0.296 e. The summed E-state index contributed by atoms with van der Waals surface area (Å²) in [5, 5.41) is 17.9. The number of nitrogens with zero attached hydrogens (tertiary/aromatic N) is 4. The fourth-order valence-electron chi connectivity index (χ4n) is 2.83. The van der Waals surface area contributed by atoms with E-state index in [0.29, 0.717) is 16.6 Å². The lowest BCUT2D eigenvalue weighted by molar-refractivity contribution is 0.103. The van der Waals surface area contributed by atoms with E-state index >= 15 is 0 Å². The molecule has 0 saturated heterocycles. The number of anilines is 1. The maximum absolute atomic E-state index is 13.1. The fraction of sp³-hybridized carbons (Fsp3) is 0.300. The van der Waals surface area contributed by atoms with Crippen LogP contribution in [0.25, 0.3) is 10.2 Å². The molecule has 0 aliphatic rings. The second-order valence-corrected chi connectivity index (χ2v) is 9.82. The van der Waals surface area contributed by atoms with Gasteiger partial charge >= 0.3 is 0 Å². The van der Waals surface area contributed by atoms with Crippen LogP contribution in [0.2, 0.25) is 0 Å². The molecule has 150 valence electrons. The monoisotopic (exact) mass is 429 g/mol. The number of thiophene rings is 1. The van der Waals surface area contributed by atoms with E-state index in [1.165, 1.54) is 34.8 Å². The van der Waals surface area contributed by atoms with Crippen molar-refractivity contribution in [1.29, 1.82) is 0 Å². The van der Waals surface area contributed by atoms with Crippen molar-refractivity contribution in [1.82, 2.24) is 20.0 Å². The molecule has 0 atom stereocenters.